The van der Waals surface area contributed by atoms with Gasteiger partial charge in [0.25, 0.3) is 0 Å². The van der Waals surface area contributed by atoms with Crippen LogP contribution in [0.5, 0.6) is 0 Å². The second kappa shape index (κ2) is 4.74. The molecule has 0 amide bonds. The fourth-order valence-electron chi connectivity index (χ4n) is 2.53. The van der Waals surface area contributed by atoms with Crippen LogP contribution in [0.4, 0.5) is 0 Å². The van der Waals surface area contributed by atoms with Gasteiger partial charge in [0.2, 0.25) is 0 Å². The van der Waals surface area contributed by atoms with E-state index in [-0.39, 0.29) is 5.41 Å². The molecule has 20 heavy (non-hydrogen) atoms. The van der Waals surface area contributed by atoms with Gasteiger partial charge in [-0.2, -0.15) is 5.10 Å². The van der Waals surface area contributed by atoms with Crippen molar-refractivity contribution in [3.05, 3.63) is 47.3 Å². The molecule has 1 fully saturated rings. The molecular formula is C17H23N3. The second-order valence-corrected chi connectivity index (χ2v) is 6.75. The van der Waals surface area contributed by atoms with Crippen LogP contribution in [0.25, 0.3) is 5.69 Å². The quantitative estimate of drug-likeness (QED) is 0.926. The van der Waals surface area contributed by atoms with Crippen LogP contribution in [-0.2, 0) is 12.0 Å². The average Bonchev–Trinajstić information content (AvgIpc) is 3.17. The van der Waals surface area contributed by atoms with E-state index in [0.717, 1.165) is 11.4 Å². The van der Waals surface area contributed by atoms with Crippen molar-refractivity contribution in [2.75, 3.05) is 0 Å². The van der Waals surface area contributed by atoms with Crippen LogP contribution in [0.3, 0.4) is 0 Å². The van der Waals surface area contributed by atoms with E-state index < -0.39 is 0 Å². The second-order valence-electron chi connectivity index (χ2n) is 6.75. The average molecular weight is 269 g/mol. The monoisotopic (exact) mass is 269 g/mol. The van der Waals surface area contributed by atoms with Crippen LogP contribution >= 0.6 is 0 Å². The highest BCUT2D eigenvalue weighted by Crippen LogP contribution is 2.41. The van der Waals surface area contributed by atoms with E-state index in [1.807, 2.05) is 0 Å². The molecule has 1 aromatic carbocycles. The maximum Gasteiger partial charge on any atom is 0.0767 e. The summed E-state index contributed by atoms with van der Waals surface area (Å²) in [4.78, 5) is 0. The number of nitrogens with two attached hydrogens (primary N) is 1. The minimum Gasteiger partial charge on any atom is -0.325 e. The first-order chi connectivity index (χ1) is 9.49. The lowest BCUT2D eigenvalue weighted by Gasteiger charge is -2.19. The van der Waals surface area contributed by atoms with E-state index in [1.165, 1.54) is 24.1 Å². The molecule has 1 aromatic heterocycles. The highest BCUT2D eigenvalue weighted by Gasteiger charge is 2.28. The largest absolute Gasteiger partial charge is 0.325 e. The molecule has 3 rings (SSSR count). The molecule has 106 valence electrons. The fourth-order valence-corrected chi connectivity index (χ4v) is 2.53. The van der Waals surface area contributed by atoms with E-state index in [9.17, 15) is 0 Å². The molecular weight excluding hydrogens is 246 g/mol. The Morgan fingerprint density at radius 1 is 1.20 bits per heavy atom. The van der Waals surface area contributed by atoms with Crippen molar-refractivity contribution in [3.8, 4) is 5.69 Å². The van der Waals surface area contributed by atoms with Gasteiger partial charge in [0.1, 0.15) is 0 Å². The van der Waals surface area contributed by atoms with Gasteiger partial charge in [0, 0.05) is 18.2 Å². The van der Waals surface area contributed by atoms with Crippen LogP contribution in [-0.4, -0.2) is 9.78 Å². The van der Waals surface area contributed by atoms with Crippen molar-refractivity contribution in [3.63, 3.8) is 0 Å². The first-order valence-electron chi connectivity index (χ1n) is 7.39. The van der Waals surface area contributed by atoms with Gasteiger partial charge in [-0.05, 0) is 42.0 Å². The van der Waals surface area contributed by atoms with Crippen molar-refractivity contribution in [1.82, 2.24) is 9.78 Å². The third-order valence-corrected chi connectivity index (χ3v) is 3.97. The van der Waals surface area contributed by atoms with Crippen LogP contribution in [0, 0.1) is 0 Å². The van der Waals surface area contributed by atoms with Crippen molar-refractivity contribution >= 4 is 0 Å². The normalized spacial score (nSPS) is 15.6. The molecule has 1 heterocycles. The summed E-state index contributed by atoms with van der Waals surface area (Å²) in [5, 5.41) is 4.64. The third kappa shape index (κ3) is 2.50. The molecule has 0 radical (unpaired) electrons. The minimum absolute atomic E-state index is 0.185. The smallest absolute Gasteiger partial charge is 0.0767 e. The lowest BCUT2D eigenvalue weighted by molar-refractivity contribution is 0.590. The highest BCUT2D eigenvalue weighted by atomic mass is 15.3. The molecule has 0 atom stereocenters. The SMILES string of the molecule is CC(C)(C)c1ccc(-n2nc(CN)cc2C2CC2)cc1. The molecule has 1 aliphatic carbocycles. The van der Waals surface area contributed by atoms with Crippen LogP contribution in [0.1, 0.15) is 56.5 Å². The third-order valence-electron chi connectivity index (χ3n) is 3.97. The van der Waals surface area contributed by atoms with Crippen LogP contribution in [0.15, 0.2) is 30.3 Å². The Morgan fingerprint density at radius 3 is 2.35 bits per heavy atom. The zero-order valence-electron chi connectivity index (χ0n) is 12.6. The summed E-state index contributed by atoms with van der Waals surface area (Å²) in [5.74, 6) is 0.671. The van der Waals surface area contributed by atoms with E-state index in [0.29, 0.717) is 12.5 Å². The van der Waals surface area contributed by atoms with Gasteiger partial charge in [-0.3, -0.25) is 0 Å². The van der Waals surface area contributed by atoms with Gasteiger partial charge in [-0.25, -0.2) is 4.68 Å². The molecule has 0 saturated heterocycles. The number of hydrogen-bond acceptors (Lipinski definition) is 2. The Balaban J connectivity index is 1.98. The zero-order chi connectivity index (χ0) is 14.3. The molecule has 0 unspecified atom stereocenters. The van der Waals surface area contributed by atoms with Gasteiger partial charge in [0.15, 0.2) is 0 Å². The van der Waals surface area contributed by atoms with Crippen LogP contribution < -0.4 is 5.73 Å². The number of benzene rings is 1. The summed E-state index contributed by atoms with van der Waals surface area (Å²) >= 11 is 0. The number of rotatable bonds is 3. The summed E-state index contributed by atoms with van der Waals surface area (Å²) in [7, 11) is 0. The van der Waals surface area contributed by atoms with Gasteiger partial charge in [0.05, 0.1) is 11.4 Å². The Kier molecular flexibility index (Phi) is 3.17. The molecule has 2 aromatic rings. The van der Waals surface area contributed by atoms with E-state index in [1.54, 1.807) is 0 Å². The van der Waals surface area contributed by atoms with Crippen molar-refractivity contribution < 1.29 is 0 Å². The first-order valence-corrected chi connectivity index (χ1v) is 7.39. The van der Waals surface area contributed by atoms with Crippen molar-refractivity contribution in [2.24, 2.45) is 5.73 Å². The molecule has 3 nitrogen and oxygen atoms in total. The summed E-state index contributed by atoms with van der Waals surface area (Å²) in [6, 6.07) is 10.9. The highest BCUT2D eigenvalue weighted by molar-refractivity contribution is 5.39. The summed E-state index contributed by atoms with van der Waals surface area (Å²) in [6.07, 6.45) is 2.55. The number of hydrogen-bond donors (Lipinski definition) is 1. The lowest BCUT2D eigenvalue weighted by atomic mass is 9.87. The standard InChI is InChI=1S/C17H23N3/c1-17(2,3)13-6-8-15(9-7-13)20-16(12-4-5-12)10-14(11-18)19-20/h6-10,12H,4-5,11,18H2,1-3H3. The predicted molar refractivity (Wildman–Crippen MR) is 82.1 cm³/mol. The first kappa shape index (κ1) is 13.4. The predicted octanol–water partition coefficient (Wildman–Crippen LogP) is 3.51. The number of nitrogens with zero attached hydrogens (tertiary/aromatic N) is 2. The van der Waals surface area contributed by atoms with E-state index >= 15 is 0 Å². The molecule has 0 spiro atoms. The zero-order valence-corrected chi connectivity index (χ0v) is 12.6. The summed E-state index contributed by atoms with van der Waals surface area (Å²) < 4.78 is 2.08. The molecule has 2 N–H and O–H groups in total. The number of aromatic nitrogens is 2. The Bertz CT molecular complexity index is 598. The van der Waals surface area contributed by atoms with Gasteiger partial charge in [-0.15, -0.1) is 0 Å². The Morgan fingerprint density at radius 2 is 1.85 bits per heavy atom. The van der Waals surface area contributed by atoms with Crippen molar-refractivity contribution in [2.45, 2.75) is 51.5 Å². The Hall–Kier alpha value is -1.61. The molecule has 0 aliphatic heterocycles. The topological polar surface area (TPSA) is 43.8 Å². The molecule has 3 heteroatoms. The Labute approximate surface area is 120 Å². The van der Waals surface area contributed by atoms with Gasteiger partial charge in [-0.1, -0.05) is 32.9 Å². The van der Waals surface area contributed by atoms with Crippen molar-refractivity contribution in [1.29, 1.82) is 0 Å². The minimum atomic E-state index is 0.185. The molecule has 0 bridgehead atoms. The molecule has 1 saturated carbocycles. The van der Waals surface area contributed by atoms with E-state index in [2.05, 4.69) is 60.9 Å². The fraction of sp³-hybridized carbons (Fsp3) is 0.471. The van der Waals surface area contributed by atoms with Gasteiger partial charge < -0.3 is 5.73 Å². The van der Waals surface area contributed by atoms with Gasteiger partial charge >= 0.3 is 0 Å². The summed E-state index contributed by atoms with van der Waals surface area (Å²) in [6.45, 7) is 7.21. The maximum absolute atomic E-state index is 5.74. The summed E-state index contributed by atoms with van der Waals surface area (Å²) in [5.41, 5.74) is 10.7. The van der Waals surface area contributed by atoms with E-state index in [4.69, 9.17) is 5.73 Å². The lowest BCUT2D eigenvalue weighted by Crippen LogP contribution is -2.11. The maximum atomic E-state index is 5.74. The van der Waals surface area contributed by atoms with Crippen LogP contribution in [0.2, 0.25) is 0 Å². The molecule has 1 aliphatic rings.